The number of hydrogen-bond acceptors (Lipinski definition) is 0. The molecule has 0 aliphatic heterocycles. The van der Waals surface area contributed by atoms with Crippen LogP contribution >= 0.6 is 0 Å². The highest BCUT2D eigenvalue weighted by Crippen LogP contribution is 2.40. The molecule has 0 N–H and O–H groups in total. The maximum absolute atomic E-state index is 2.45. The molecular weight excluding hydrogens is 686 g/mol. The molecule has 262 valence electrons. The van der Waals surface area contributed by atoms with E-state index in [9.17, 15) is 0 Å². The van der Waals surface area contributed by atoms with E-state index in [1.54, 1.807) is 0 Å². The fraction of sp³-hybridized carbons (Fsp3) is 0. The molecule has 0 aliphatic rings. The van der Waals surface area contributed by atoms with Gasteiger partial charge < -0.3 is 0 Å². The van der Waals surface area contributed by atoms with Crippen molar-refractivity contribution in [3.05, 3.63) is 42.5 Å². The van der Waals surface area contributed by atoms with Crippen LogP contribution < -0.4 is 104 Å². The van der Waals surface area contributed by atoms with E-state index in [-0.39, 0.29) is 0 Å². The zero-order valence-corrected chi connectivity index (χ0v) is 39.5. The molecule has 0 nitrogen and oxygen atoms in total. The first-order chi connectivity index (χ1) is 27.8. The summed E-state index contributed by atoms with van der Waals surface area (Å²) in [7, 11) is 45.0. The van der Waals surface area contributed by atoms with E-state index in [4.69, 9.17) is 0 Å². The fourth-order valence-electron chi connectivity index (χ4n) is 11.5. The highest BCUT2D eigenvalue weighted by Gasteiger charge is 2.29. The van der Waals surface area contributed by atoms with Gasteiger partial charge in [0.25, 0.3) is 0 Å². The molecule has 19 heteroatoms. The average Bonchev–Trinajstić information content (AvgIpc) is 3.22. The molecule has 0 saturated carbocycles. The predicted octanol–water partition coefficient (Wildman–Crippen LogP) is -21.8. The zero-order chi connectivity index (χ0) is 43.0. The van der Waals surface area contributed by atoms with Gasteiger partial charge in [-0.3, -0.25) is 0 Å². The minimum absolute atomic E-state index is 1.28. The smallest absolute Gasteiger partial charge is 0.102 e. The maximum Gasteiger partial charge on any atom is 0.140 e. The van der Waals surface area contributed by atoms with Crippen LogP contribution in [0.4, 0.5) is 0 Å². The highest BCUT2D eigenvalue weighted by molar-refractivity contribution is 6.75. The molecular formula is C40H45B19. The van der Waals surface area contributed by atoms with E-state index in [1.165, 1.54) is 180 Å². The van der Waals surface area contributed by atoms with Crippen LogP contribution in [0.25, 0.3) is 76.5 Å². The molecule has 0 atom stereocenters. The van der Waals surface area contributed by atoms with Gasteiger partial charge in [-0.25, -0.2) is 0 Å². The summed E-state index contributed by atoms with van der Waals surface area (Å²) in [5, 5.41) is 11.1. The van der Waals surface area contributed by atoms with Crippen LogP contribution in [-0.2, 0) is 0 Å². The van der Waals surface area contributed by atoms with Crippen molar-refractivity contribution in [2.24, 2.45) is 0 Å². The Labute approximate surface area is 369 Å². The van der Waals surface area contributed by atoms with Gasteiger partial charge in [-0.2, -0.15) is 0 Å². The van der Waals surface area contributed by atoms with Gasteiger partial charge in [-0.05, 0) is 82.5 Å². The van der Waals surface area contributed by atoms with Crippen molar-refractivity contribution < 1.29 is 0 Å². The second kappa shape index (κ2) is 14.6. The Kier molecular flexibility index (Phi) is 10.3. The Morgan fingerprint density at radius 1 is 0.203 bits per heavy atom. The van der Waals surface area contributed by atoms with Crippen LogP contribution in [0, 0.1) is 0 Å². The van der Waals surface area contributed by atoms with E-state index in [0.717, 1.165) is 0 Å². The van der Waals surface area contributed by atoms with Gasteiger partial charge >= 0.3 is 0 Å². The van der Waals surface area contributed by atoms with E-state index in [1.807, 2.05) is 0 Å². The van der Waals surface area contributed by atoms with Crippen molar-refractivity contribution in [3.8, 4) is 33.4 Å². The van der Waals surface area contributed by atoms with Gasteiger partial charge in [0.15, 0.2) is 0 Å². The van der Waals surface area contributed by atoms with Crippen LogP contribution in [0.2, 0.25) is 0 Å². The molecule has 0 saturated heterocycles. The standard InChI is InChI=1S/C40H45B19/c41-22-17(28(47)29(48)19-18(22)30(49)31(50)20(23(19)42)21-32(51)38(57)40(59)39(58)33(21)52)12-15-13(24(43)34(53)36(55)26(15)45)11(10-6-5-8-3-1-2-4-9(8)7-10)14-16(12)27(46)37(56)35(54)25(14)44/h1-7H,41-59H2. The third-order valence-corrected chi connectivity index (χ3v) is 16.3. The molecule has 0 unspecified atom stereocenters. The van der Waals surface area contributed by atoms with E-state index in [0.29, 0.717) is 0 Å². The third kappa shape index (κ3) is 5.71. The molecule has 8 rings (SSSR count). The molecule has 59 heavy (non-hydrogen) atoms. The van der Waals surface area contributed by atoms with Crippen LogP contribution in [0.15, 0.2) is 42.5 Å². The summed E-state index contributed by atoms with van der Waals surface area (Å²) < 4.78 is 0. The molecule has 0 radical (unpaired) electrons. The zero-order valence-electron chi connectivity index (χ0n) is 39.5. The molecule has 8 aromatic carbocycles. The molecule has 0 bridgehead atoms. The lowest BCUT2D eigenvalue weighted by Gasteiger charge is -2.31. The third-order valence-electron chi connectivity index (χ3n) is 16.3. The van der Waals surface area contributed by atoms with E-state index >= 15 is 0 Å². The average molecular weight is 731 g/mol. The molecule has 0 aromatic heterocycles. The molecule has 0 fully saturated rings. The summed E-state index contributed by atoms with van der Waals surface area (Å²) in [5.41, 5.74) is 35.0. The molecule has 0 aliphatic carbocycles. The van der Waals surface area contributed by atoms with Crippen molar-refractivity contribution in [2.75, 3.05) is 0 Å². The van der Waals surface area contributed by atoms with Gasteiger partial charge in [0.1, 0.15) is 149 Å². The summed E-state index contributed by atoms with van der Waals surface area (Å²) in [6, 6.07) is 16.0. The Morgan fingerprint density at radius 2 is 0.492 bits per heavy atom. The van der Waals surface area contributed by atoms with Crippen LogP contribution in [-0.4, -0.2) is 149 Å². The quantitative estimate of drug-likeness (QED) is 0.125. The normalized spacial score (nSPS) is 11.7. The lowest BCUT2D eigenvalue weighted by molar-refractivity contribution is 1.73. The molecule has 0 heterocycles. The minimum Gasteiger partial charge on any atom is -0.102 e. The lowest BCUT2D eigenvalue weighted by Crippen LogP contribution is -2.56. The topological polar surface area (TPSA) is 0 Å². The Balaban J connectivity index is 1.64. The van der Waals surface area contributed by atoms with Gasteiger partial charge in [0.2, 0.25) is 0 Å². The van der Waals surface area contributed by atoms with Crippen LogP contribution in [0.1, 0.15) is 0 Å². The van der Waals surface area contributed by atoms with Crippen molar-refractivity contribution in [1.29, 1.82) is 0 Å². The summed E-state index contributed by atoms with van der Waals surface area (Å²) in [6.07, 6.45) is 0. The first-order valence-electron chi connectivity index (χ1n) is 21.8. The molecule has 0 amide bonds. The maximum atomic E-state index is 2.45. The number of benzene rings is 8. The first kappa shape index (κ1) is 41.8. The van der Waals surface area contributed by atoms with Crippen LogP contribution in [0.5, 0.6) is 0 Å². The van der Waals surface area contributed by atoms with E-state index < -0.39 is 0 Å². The van der Waals surface area contributed by atoms with Gasteiger partial charge in [0.05, 0.1) is 0 Å². The second-order valence-electron chi connectivity index (χ2n) is 18.6. The Morgan fingerprint density at radius 3 is 0.915 bits per heavy atom. The lowest BCUT2D eigenvalue weighted by atomic mass is 9.55. The van der Waals surface area contributed by atoms with Gasteiger partial charge in [0, 0.05) is 0 Å². The van der Waals surface area contributed by atoms with Crippen molar-refractivity contribution in [1.82, 2.24) is 0 Å². The SMILES string of the molecule is Bc1c(B)c(B)c(-c2c(B)c(B)c3c(B)c(-c4c5c(B)c(B)c(B)c(B)c5c(-c5ccc6ccccc6c5)c5c(B)c(B)c(B)c(B)c45)c(B)c(B)c3c2B)c(B)c1B. The van der Waals surface area contributed by atoms with Gasteiger partial charge in [-0.1, -0.05) is 102 Å². The first-order valence-corrected chi connectivity index (χ1v) is 21.8. The fourth-order valence-corrected chi connectivity index (χ4v) is 11.5. The highest BCUT2D eigenvalue weighted by atomic mass is 14.3. The summed E-state index contributed by atoms with van der Waals surface area (Å²) in [6.45, 7) is 0. The number of rotatable bonds is 3. The minimum atomic E-state index is 1.28. The van der Waals surface area contributed by atoms with Crippen LogP contribution in [0.3, 0.4) is 0 Å². The molecule has 0 spiro atoms. The predicted molar refractivity (Wildman–Crippen MR) is 328 cm³/mol. The monoisotopic (exact) mass is 735 g/mol. The van der Waals surface area contributed by atoms with Gasteiger partial charge in [-0.15, -0.1) is 38.2 Å². The summed E-state index contributed by atoms with van der Waals surface area (Å²) in [4.78, 5) is 0. The summed E-state index contributed by atoms with van der Waals surface area (Å²) in [5.74, 6) is 0. The Hall–Kier alpha value is -3.97. The van der Waals surface area contributed by atoms with E-state index in [2.05, 4.69) is 192 Å². The second-order valence-corrected chi connectivity index (χ2v) is 18.6. The van der Waals surface area contributed by atoms with Crippen molar-refractivity contribution in [3.63, 3.8) is 0 Å². The largest absolute Gasteiger partial charge is 0.140 e. The van der Waals surface area contributed by atoms with Crippen molar-refractivity contribution >= 4 is 296 Å². The Bertz CT molecular complexity index is 3150. The number of fused-ring (bicyclic) bond motifs is 4. The molecule has 8 aromatic rings. The summed E-state index contributed by atoms with van der Waals surface area (Å²) >= 11 is 0. The van der Waals surface area contributed by atoms with Crippen molar-refractivity contribution in [2.45, 2.75) is 0 Å². The number of hydrogen-bond donors (Lipinski definition) is 0.